The van der Waals surface area contributed by atoms with Gasteiger partial charge in [0.2, 0.25) is 0 Å². The van der Waals surface area contributed by atoms with Crippen molar-refractivity contribution in [2.24, 2.45) is 0 Å². The van der Waals surface area contributed by atoms with E-state index in [0.29, 0.717) is 13.2 Å². The zero-order valence-corrected chi connectivity index (χ0v) is 9.21. The Hall–Kier alpha value is -1.21. The summed E-state index contributed by atoms with van der Waals surface area (Å²) >= 11 is 0. The number of hydrogen-bond acceptors (Lipinski definition) is 3. The number of rotatable bonds is 3. The highest BCUT2D eigenvalue weighted by atomic mass is 16.5. The van der Waals surface area contributed by atoms with Gasteiger partial charge in [-0.05, 0) is 32.9 Å². The summed E-state index contributed by atoms with van der Waals surface area (Å²) in [6.45, 7) is 5.66. The number of nitrogens with one attached hydrogen (secondary N) is 1. The van der Waals surface area contributed by atoms with E-state index in [2.05, 4.69) is 22.1 Å². The third kappa shape index (κ3) is 5.28. The van der Waals surface area contributed by atoms with Crippen molar-refractivity contribution < 1.29 is 9.53 Å². The second kappa shape index (κ2) is 7.13. The highest BCUT2D eigenvalue weighted by Crippen LogP contribution is 2.05. The van der Waals surface area contributed by atoms with Crippen molar-refractivity contribution in [2.75, 3.05) is 32.8 Å². The van der Waals surface area contributed by atoms with Gasteiger partial charge >= 0.3 is 6.09 Å². The molecule has 0 aromatic rings. The zero-order valence-electron chi connectivity index (χ0n) is 9.21. The maximum Gasteiger partial charge on any atom is 0.407 e. The Bertz CT molecular complexity index is 249. The maximum absolute atomic E-state index is 10.9. The molecular weight excluding hydrogens is 192 g/mol. The Labute approximate surface area is 91.0 Å². The van der Waals surface area contributed by atoms with Crippen LogP contribution in [0.25, 0.3) is 0 Å². The normalized spacial score (nSPS) is 15.5. The molecule has 15 heavy (non-hydrogen) atoms. The highest BCUT2D eigenvalue weighted by Gasteiger charge is 2.08. The summed E-state index contributed by atoms with van der Waals surface area (Å²) in [5.41, 5.74) is 0. The number of likely N-dealkylation sites (tertiary alicyclic amines) is 1. The van der Waals surface area contributed by atoms with Gasteiger partial charge in [0, 0.05) is 0 Å². The lowest BCUT2D eigenvalue weighted by Gasteiger charge is -2.08. The molecule has 84 valence electrons. The molecule has 0 atom stereocenters. The minimum Gasteiger partial charge on any atom is -0.450 e. The molecular formula is C11H18N2O2. The molecule has 0 aromatic heterocycles. The summed E-state index contributed by atoms with van der Waals surface area (Å²) in [5.74, 6) is 5.93. The first-order valence-electron chi connectivity index (χ1n) is 5.41. The number of amides is 1. The molecule has 1 fully saturated rings. The van der Waals surface area contributed by atoms with Crippen molar-refractivity contribution in [2.45, 2.75) is 19.8 Å². The van der Waals surface area contributed by atoms with Crippen LogP contribution in [0, 0.1) is 11.8 Å². The Morgan fingerprint density at radius 1 is 1.40 bits per heavy atom. The number of nitrogens with zero attached hydrogens (tertiary/aromatic N) is 1. The SMILES string of the molecule is CCOC(=O)NCC#CCN1CCCC1. The number of ether oxygens (including phenoxy) is 1. The van der Waals surface area contributed by atoms with Crippen molar-refractivity contribution in [1.82, 2.24) is 10.2 Å². The third-order valence-electron chi connectivity index (χ3n) is 2.22. The first-order chi connectivity index (χ1) is 7.33. The topological polar surface area (TPSA) is 41.6 Å². The van der Waals surface area contributed by atoms with Crippen LogP contribution in [0.4, 0.5) is 4.79 Å². The van der Waals surface area contributed by atoms with E-state index in [4.69, 9.17) is 4.74 Å². The fraction of sp³-hybridized carbons (Fsp3) is 0.727. The summed E-state index contributed by atoms with van der Waals surface area (Å²) in [5, 5.41) is 2.56. The van der Waals surface area contributed by atoms with E-state index in [-0.39, 0.29) is 0 Å². The van der Waals surface area contributed by atoms with E-state index < -0.39 is 6.09 Å². The predicted molar refractivity (Wildman–Crippen MR) is 58.5 cm³/mol. The summed E-state index contributed by atoms with van der Waals surface area (Å²) < 4.78 is 4.69. The Morgan fingerprint density at radius 3 is 2.80 bits per heavy atom. The number of carbonyl (C=O) groups is 1. The van der Waals surface area contributed by atoms with E-state index in [1.54, 1.807) is 6.92 Å². The molecule has 0 saturated carbocycles. The van der Waals surface area contributed by atoms with E-state index in [1.807, 2.05) is 0 Å². The standard InChI is InChI=1S/C11H18N2O2/c1-2-15-11(14)12-7-3-4-8-13-9-5-6-10-13/h2,5-10H2,1H3,(H,12,14). The molecule has 0 aliphatic carbocycles. The van der Waals surface area contributed by atoms with Gasteiger partial charge in [0.25, 0.3) is 0 Å². The highest BCUT2D eigenvalue weighted by molar-refractivity contribution is 5.67. The Morgan fingerprint density at radius 2 is 2.13 bits per heavy atom. The molecule has 1 aliphatic rings. The van der Waals surface area contributed by atoms with Crippen molar-refractivity contribution in [3.63, 3.8) is 0 Å². The van der Waals surface area contributed by atoms with Gasteiger partial charge in [-0.1, -0.05) is 11.8 Å². The van der Waals surface area contributed by atoms with Gasteiger partial charge in [-0.3, -0.25) is 4.90 Å². The maximum atomic E-state index is 10.9. The van der Waals surface area contributed by atoms with Gasteiger partial charge in [-0.15, -0.1) is 0 Å². The van der Waals surface area contributed by atoms with Gasteiger partial charge in [-0.25, -0.2) is 4.79 Å². The van der Waals surface area contributed by atoms with Crippen molar-refractivity contribution >= 4 is 6.09 Å². The van der Waals surface area contributed by atoms with Crippen LogP contribution in [0.2, 0.25) is 0 Å². The lowest BCUT2D eigenvalue weighted by Crippen LogP contribution is -2.24. The molecule has 0 bridgehead atoms. The van der Waals surface area contributed by atoms with E-state index in [1.165, 1.54) is 12.8 Å². The molecule has 1 aliphatic heterocycles. The molecule has 1 saturated heterocycles. The third-order valence-corrected chi connectivity index (χ3v) is 2.22. The monoisotopic (exact) mass is 210 g/mol. The smallest absolute Gasteiger partial charge is 0.407 e. The zero-order chi connectivity index (χ0) is 10.9. The second-order valence-electron chi connectivity index (χ2n) is 3.41. The average Bonchev–Trinajstić information content (AvgIpc) is 2.70. The van der Waals surface area contributed by atoms with Gasteiger partial charge in [0.15, 0.2) is 0 Å². The van der Waals surface area contributed by atoms with Crippen LogP contribution < -0.4 is 5.32 Å². The van der Waals surface area contributed by atoms with Gasteiger partial charge in [-0.2, -0.15) is 0 Å². The van der Waals surface area contributed by atoms with Gasteiger partial charge in [0.1, 0.15) is 0 Å². The molecule has 1 heterocycles. The minimum absolute atomic E-state index is 0.368. The molecule has 0 unspecified atom stereocenters. The van der Waals surface area contributed by atoms with E-state index in [0.717, 1.165) is 19.6 Å². The molecule has 4 heteroatoms. The van der Waals surface area contributed by atoms with Gasteiger partial charge in [0.05, 0.1) is 19.7 Å². The number of carbonyl (C=O) groups excluding carboxylic acids is 1. The van der Waals surface area contributed by atoms with Gasteiger partial charge < -0.3 is 10.1 Å². The second-order valence-corrected chi connectivity index (χ2v) is 3.41. The van der Waals surface area contributed by atoms with E-state index in [9.17, 15) is 4.79 Å². The molecule has 4 nitrogen and oxygen atoms in total. The molecule has 1 N–H and O–H groups in total. The summed E-state index contributed by atoms with van der Waals surface area (Å²) in [4.78, 5) is 13.2. The van der Waals surface area contributed by atoms with Crippen LogP contribution in [0.1, 0.15) is 19.8 Å². The minimum atomic E-state index is -0.395. The number of alkyl carbamates (subject to hydrolysis) is 1. The average molecular weight is 210 g/mol. The molecule has 0 spiro atoms. The lowest BCUT2D eigenvalue weighted by molar-refractivity contribution is 0.153. The van der Waals surface area contributed by atoms with Crippen molar-refractivity contribution in [3.05, 3.63) is 0 Å². The molecule has 0 radical (unpaired) electrons. The summed E-state index contributed by atoms with van der Waals surface area (Å²) in [6, 6.07) is 0. The Kier molecular flexibility index (Phi) is 5.64. The number of hydrogen-bond donors (Lipinski definition) is 1. The van der Waals surface area contributed by atoms with Crippen LogP contribution in [0.15, 0.2) is 0 Å². The largest absolute Gasteiger partial charge is 0.450 e. The quantitative estimate of drug-likeness (QED) is 0.702. The van der Waals surface area contributed by atoms with Crippen LogP contribution >= 0.6 is 0 Å². The van der Waals surface area contributed by atoms with Crippen LogP contribution in [0.5, 0.6) is 0 Å². The summed E-state index contributed by atoms with van der Waals surface area (Å²) in [6.07, 6.45) is 2.17. The molecule has 1 rings (SSSR count). The molecule has 1 amide bonds. The van der Waals surface area contributed by atoms with Crippen molar-refractivity contribution in [3.8, 4) is 11.8 Å². The summed E-state index contributed by atoms with van der Waals surface area (Å²) in [7, 11) is 0. The predicted octanol–water partition coefficient (Wildman–Crippen LogP) is 0.832. The van der Waals surface area contributed by atoms with Crippen LogP contribution in [0.3, 0.4) is 0 Å². The molecule has 0 aromatic carbocycles. The first kappa shape index (κ1) is 11.9. The first-order valence-corrected chi connectivity index (χ1v) is 5.41. The van der Waals surface area contributed by atoms with Crippen LogP contribution in [-0.2, 0) is 4.74 Å². The fourth-order valence-corrected chi connectivity index (χ4v) is 1.47. The fourth-order valence-electron chi connectivity index (χ4n) is 1.47. The lowest BCUT2D eigenvalue weighted by atomic mass is 10.4. The Balaban J connectivity index is 2.03. The van der Waals surface area contributed by atoms with Crippen molar-refractivity contribution in [1.29, 1.82) is 0 Å². The van der Waals surface area contributed by atoms with Crippen LogP contribution in [-0.4, -0.2) is 43.8 Å². The van der Waals surface area contributed by atoms with E-state index >= 15 is 0 Å².